The van der Waals surface area contributed by atoms with Gasteiger partial charge in [-0.2, -0.15) is 0 Å². The van der Waals surface area contributed by atoms with E-state index in [0.29, 0.717) is 24.9 Å². The maximum Gasteiger partial charge on any atom is 0.226 e. The molecule has 0 fully saturated rings. The second-order valence-electron chi connectivity index (χ2n) is 4.54. The maximum atomic E-state index is 11.5. The molecule has 0 radical (unpaired) electrons. The van der Waals surface area contributed by atoms with Crippen LogP contribution in [0.2, 0.25) is 0 Å². The summed E-state index contributed by atoms with van der Waals surface area (Å²) in [5, 5.41) is 11.4. The lowest BCUT2D eigenvalue weighted by atomic mass is 10.1. The molecule has 19 heavy (non-hydrogen) atoms. The quantitative estimate of drug-likeness (QED) is 0.806. The first kappa shape index (κ1) is 15.2. The zero-order chi connectivity index (χ0) is 14.3. The fraction of sp³-hybridized carbons (Fsp3) is 0.429. The first-order valence-corrected chi connectivity index (χ1v) is 6.22. The lowest BCUT2D eigenvalue weighted by Crippen LogP contribution is -2.23. The third-order valence-electron chi connectivity index (χ3n) is 2.65. The Morgan fingerprint density at radius 1 is 1.21 bits per heavy atom. The Labute approximate surface area is 113 Å². The van der Waals surface area contributed by atoms with Gasteiger partial charge in [-0.3, -0.25) is 9.59 Å². The minimum atomic E-state index is -0.119. The van der Waals surface area contributed by atoms with Gasteiger partial charge in [-0.1, -0.05) is 12.1 Å². The number of benzene rings is 1. The standard InChI is InChI=1S/C14H20N2O3/c1-16(2)14(19)10-11-5-7-12(8-6-11)15-13(18)4-3-9-17/h5-8,17H,3-4,9-10H2,1-2H3,(H,15,18). The average Bonchev–Trinajstić information content (AvgIpc) is 2.38. The number of nitrogens with zero attached hydrogens (tertiary/aromatic N) is 1. The molecular formula is C14H20N2O3. The van der Waals surface area contributed by atoms with Gasteiger partial charge in [0, 0.05) is 32.8 Å². The highest BCUT2D eigenvalue weighted by Gasteiger charge is 2.06. The number of rotatable bonds is 6. The summed E-state index contributed by atoms with van der Waals surface area (Å²) in [6.07, 6.45) is 1.12. The summed E-state index contributed by atoms with van der Waals surface area (Å²) in [6.45, 7) is 0.0129. The monoisotopic (exact) mass is 264 g/mol. The highest BCUT2D eigenvalue weighted by molar-refractivity contribution is 5.90. The summed E-state index contributed by atoms with van der Waals surface area (Å²) < 4.78 is 0. The van der Waals surface area contributed by atoms with Gasteiger partial charge in [0.1, 0.15) is 0 Å². The smallest absolute Gasteiger partial charge is 0.226 e. The number of likely N-dealkylation sites (N-methyl/N-ethyl adjacent to an activating group) is 1. The molecule has 1 aromatic carbocycles. The van der Waals surface area contributed by atoms with Crippen LogP contribution in [0.3, 0.4) is 0 Å². The van der Waals surface area contributed by atoms with E-state index in [1.54, 1.807) is 31.1 Å². The molecule has 0 aromatic heterocycles. The minimum absolute atomic E-state index is 0.0129. The molecule has 0 aliphatic rings. The van der Waals surface area contributed by atoms with Crippen LogP contribution >= 0.6 is 0 Å². The first-order chi connectivity index (χ1) is 9.02. The molecule has 2 amide bonds. The van der Waals surface area contributed by atoms with E-state index < -0.39 is 0 Å². The van der Waals surface area contributed by atoms with Gasteiger partial charge in [0.05, 0.1) is 6.42 Å². The Balaban J connectivity index is 2.52. The van der Waals surface area contributed by atoms with E-state index in [-0.39, 0.29) is 18.4 Å². The largest absolute Gasteiger partial charge is 0.396 e. The van der Waals surface area contributed by atoms with Crippen LogP contribution in [0.4, 0.5) is 5.69 Å². The average molecular weight is 264 g/mol. The zero-order valence-corrected chi connectivity index (χ0v) is 11.3. The van der Waals surface area contributed by atoms with E-state index in [9.17, 15) is 9.59 Å². The van der Waals surface area contributed by atoms with Gasteiger partial charge in [0.15, 0.2) is 0 Å². The SMILES string of the molecule is CN(C)C(=O)Cc1ccc(NC(=O)CCCO)cc1. The van der Waals surface area contributed by atoms with Crippen LogP contribution in [0, 0.1) is 0 Å². The molecule has 0 atom stereocenters. The van der Waals surface area contributed by atoms with Crippen LogP contribution in [0.5, 0.6) is 0 Å². The topological polar surface area (TPSA) is 69.6 Å². The molecular weight excluding hydrogens is 244 g/mol. The van der Waals surface area contributed by atoms with Crippen LogP contribution in [0.1, 0.15) is 18.4 Å². The number of carbonyl (C=O) groups excluding carboxylic acids is 2. The molecule has 1 aromatic rings. The van der Waals surface area contributed by atoms with Gasteiger partial charge in [-0.15, -0.1) is 0 Å². The summed E-state index contributed by atoms with van der Waals surface area (Å²) in [4.78, 5) is 24.5. The van der Waals surface area contributed by atoms with Gasteiger partial charge in [0.2, 0.25) is 11.8 Å². The highest BCUT2D eigenvalue weighted by Crippen LogP contribution is 2.11. The molecule has 0 saturated heterocycles. The molecule has 104 valence electrons. The van der Waals surface area contributed by atoms with Crippen molar-refractivity contribution in [2.24, 2.45) is 0 Å². The third-order valence-corrected chi connectivity index (χ3v) is 2.65. The number of aliphatic hydroxyl groups excluding tert-OH is 1. The molecule has 0 saturated carbocycles. The van der Waals surface area contributed by atoms with Crippen molar-refractivity contribution in [1.29, 1.82) is 0 Å². The van der Waals surface area contributed by atoms with Gasteiger partial charge in [-0.05, 0) is 24.1 Å². The molecule has 0 aliphatic carbocycles. The highest BCUT2D eigenvalue weighted by atomic mass is 16.3. The van der Waals surface area contributed by atoms with Crippen LogP contribution in [-0.4, -0.2) is 42.5 Å². The van der Waals surface area contributed by atoms with Crippen molar-refractivity contribution < 1.29 is 14.7 Å². The summed E-state index contributed by atoms with van der Waals surface area (Å²) in [5.41, 5.74) is 1.61. The lowest BCUT2D eigenvalue weighted by molar-refractivity contribution is -0.128. The molecule has 2 N–H and O–H groups in total. The first-order valence-electron chi connectivity index (χ1n) is 6.22. The summed E-state index contributed by atoms with van der Waals surface area (Å²) in [7, 11) is 3.44. The Bertz CT molecular complexity index is 427. The number of nitrogens with one attached hydrogen (secondary N) is 1. The lowest BCUT2D eigenvalue weighted by Gasteiger charge is -2.10. The molecule has 0 unspecified atom stereocenters. The van der Waals surface area contributed by atoms with E-state index in [1.165, 1.54) is 0 Å². The minimum Gasteiger partial charge on any atom is -0.396 e. The molecule has 5 nitrogen and oxygen atoms in total. The Morgan fingerprint density at radius 2 is 1.84 bits per heavy atom. The van der Waals surface area contributed by atoms with Crippen molar-refractivity contribution in [3.05, 3.63) is 29.8 Å². The van der Waals surface area contributed by atoms with Crippen molar-refractivity contribution in [3.8, 4) is 0 Å². The predicted molar refractivity (Wildman–Crippen MR) is 73.8 cm³/mol. The van der Waals surface area contributed by atoms with Crippen molar-refractivity contribution in [3.63, 3.8) is 0 Å². The Morgan fingerprint density at radius 3 is 2.37 bits per heavy atom. The second kappa shape index (κ2) is 7.53. The predicted octanol–water partition coefficient (Wildman–Crippen LogP) is 1.03. The number of aliphatic hydroxyl groups is 1. The molecule has 0 bridgehead atoms. The summed E-state index contributed by atoms with van der Waals surface area (Å²) >= 11 is 0. The van der Waals surface area contributed by atoms with Crippen LogP contribution in [-0.2, 0) is 16.0 Å². The molecule has 1 rings (SSSR count). The van der Waals surface area contributed by atoms with Crippen LogP contribution in [0.25, 0.3) is 0 Å². The Hall–Kier alpha value is -1.88. The number of amides is 2. The molecule has 0 heterocycles. The number of anilines is 1. The number of carbonyl (C=O) groups is 2. The van der Waals surface area contributed by atoms with E-state index in [1.807, 2.05) is 12.1 Å². The van der Waals surface area contributed by atoms with Gasteiger partial charge in [0.25, 0.3) is 0 Å². The van der Waals surface area contributed by atoms with Gasteiger partial charge >= 0.3 is 0 Å². The van der Waals surface area contributed by atoms with Crippen LogP contribution < -0.4 is 5.32 Å². The number of hydrogen-bond donors (Lipinski definition) is 2. The van der Waals surface area contributed by atoms with Gasteiger partial charge in [-0.25, -0.2) is 0 Å². The fourth-order valence-electron chi connectivity index (χ4n) is 1.50. The maximum absolute atomic E-state index is 11.5. The Kier molecular flexibility index (Phi) is 6.02. The van der Waals surface area contributed by atoms with Crippen molar-refractivity contribution in [2.45, 2.75) is 19.3 Å². The molecule has 5 heteroatoms. The second-order valence-corrected chi connectivity index (χ2v) is 4.54. The van der Waals surface area contributed by atoms with Crippen LogP contribution in [0.15, 0.2) is 24.3 Å². The van der Waals surface area contributed by atoms with E-state index in [4.69, 9.17) is 5.11 Å². The fourth-order valence-corrected chi connectivity index (χ4v) is 1.50. The summed E-state index contributed by atoms with van der Waals surface area (Å²) in [6, 6.07) is 7.19. The summed E-state index contributed by atoms with van der Waals surface area (Å²) in [5.74, 6) is -0.0779. The van der Waals surface area contributed by atoms with E-state index >= 15 is 0 Å². The van der Waals surface area contributed by atoms with Crippen molar-refractivity contribution in [1.82, 2.24) is 4.90 Å². The van der Waals surface area contributed by atoms with Gasteiger partial charge < -0.3 is 15.3 Å². The number of hydrogen-bond acceptors (Lipinski definition) is 3. The van der Waals surface area contributed by atoms with Crippen molar-refractivity contribution >= 4 is 17.5 Å². The normalized spacial score (nSPS) is 10.1. The van der Waals surface area contributed by atoms with Crippen molar-refractivity contribution in [2.75, 3.05) is 26.0 Å². The zero-order valence-electron chi connectivity index (χ0n) is 11.3. The van der Waals surface area contributed by atoms with E-state index in [2.05, 4.69) is 5.32 Å². The molecule has 0 aliphatic heterocycles. The van der Waals surface area contributed by atoms with E-state index in [0.717, 1.165) is 5.56 Å². The third kappa shape index (κ3) is 5.52. The molecule has 0 spiro atoms.